The SMILES string of the molecule is CC/C=C\CC(O)C(CC(O)C(C/C=C\CCCCCCC=O)[N+](=O)[O-])[N+](=O)[O-]. The number of nitro groups is 2. The van der Waals surface area contributed by atoms with Gasteiger partial charge >= 0.3 is 0 Å². The van der Waals surface area contributed by atoms with E-state index >= 15 is 0 Å². The first-order chi connectivity index (χ1) is 13.8. The fourth-order valence-corrected chi connectivity index (χ4v) is 2.93. The van der Waals surface area contributed by atoms with Crippen LogP contribution in [0, 0.1) is 20.2 Å². The summed E-state index contributed by atoms with van der Waals surface area (Å²) in [5.74, 6) is 0. The molecule has 0 saturated heterocycles. The standard InChI is InChI=1S/C20H34N2O7/c1-2-3-10-14-19(24)18(22(28)29)16-20(25)17(21(26)27)13-11-8-6-4-5-7-9-12-15-23/h3,8,10-11,15,17-20,24-25H,2,4-7,9,12-14,16H2,1H3/b10-3-,11-8-. The van der Waals surface area contributed by atoms with E-state index in [0.717, 1.165) is 44.8 Å². The predicted octanol–water partition coefficient (Wildman–Crippen LogP) is 3.23. The van der Waals surface area contributed by atoms with Crippen molar-refractivity contribution < 1.29 is 24.9 Å². The first kappa shape index (κ1) is 26.9. The fraction of sp³-hybridized carbons (Fsp3) is 0.750. The third-order valence-corrected chi connectivity index (χ3v) is 4.68. The molecule has 0 amide bonds. The molecule has 0 aliphatic carbocycles. The average molecular weight is 414 g/mol. The molecular formula is C20H34N2O7. The molecule has 0 rings (SSSR count). The second-order valence-corrected chi connectivity index (χ2v) is 7.06. The average Bonchev–Trinajstić information content (AvgIpc) is 2.67. The van der Waals surface area contributed by atoms with E-state index in [1.54, 1.807) is 24.3 Å². The molecule has 9 heteroatoms. The van der Waals surface area contributed by atoms with Gasteiger partial charge in [0.15, 0.2) is 0 Å². The van der Waals surface area contributed by atoms with Crippen LogP contribution < -0.4 is 0 Å². The van der Waals surface area contributed by atoms with Crippen molar-refractivity contribution in [2.24, 2.45) is 0 Å². The molecule has 0 spiro atoms. The summed E-state index contributed by atoms with van der Waals surface area (Å²) in [4.78, 5) is 31.4. The van der Waals surface area contributed by atoms with Gasteiger partial charge in [-0.1, -0.05) is 44.1 Å². The van der Waals surface area contributed by atoms with E-state index in [2.05, 4.69) is 0 Å². The first-order valence-electron chi connectivity index (χ1n) is 10.2. The van der Waals surface area contributed by atoms with Crippen LogP contribution in [0.5, 0.6) is 0 Å². The lowest BCUT2D eigenvalue weighted by Gasteiger charge is -2.20. The van der Waals surface area contributed by atoms with E-state index < -0.39 is 40.6 Å². The van der Waals surface area contributed by atoms with Gasteiger partial charge in [-0.15, -0.1) is 0 Å². The van der Waals surface area contributed by atoms with Crippen LogP contribution in [0.4, 0.5) is 0 Å². The summed E-state index contributed by atoms with van der Waals surface area (Å²) in [7, 11) is 0. The fourth-order valence-electron chi connectivity index (χ4n) is 2.93. The number of rotatable bonds is 18. The number of hydrogen-bond acceptors (Lipinski definition) is 7. The molecule has 0 aliphatic heterocycles. The molecule has 2 N–H and O–H groups in total. The van der Waals surface area contributed by atoms with Crippen molar-refractivity contribution in [3.8, 4) is 0 Å². The second kappa shape index (κ2) is 16.8. The molecular weight excluding hydrogens is 380 g/mol. The highest BCUT2D eigenvalue weighted by Gasteiger charge is 2.38. The Kier molecular flexibility index (Phi) is 15.6. The zero-order valence-electron chi connectivity index (χ0n) is 17.1. The van der Waals surface area contributed by atoms with E-state index in [-0.39, 0.29) is 12.8 Å². The van der Waals surface area contributed by atoms with E-state index in [4.69, 9.17) is 0 Å². The smallest absolute Gasteiger partial charge is 0.242 e. The summed E-state index contributed by atoms with van der Waals surface area (Å²) in [5, 5.41) is 42.7. The number of carbonyl (C=O) groups excluding carboxylic acids is 1. The monoisotopic (exact) mass is 414 g/mol. The maximum atomic E-state index is 11.3. The van der Waals surface area contributed by atoms with Crippen LogP contribution >= 0.6 is 0 Å². The Morgan fingerprint density at radius 3 is 1.93 bits per heavy atom. The van der Waals surface area contributed by atoms with Crippen molar-refractivity contribution in [2.75, 3.05) is 0 Å². The summed E-state index contributed by atoms with van der Waals surface area (Å²) < 4.78 is 0. The molecule has 4 unspecified atom stereocenters. The van der Waals surface area contributed by atoms with E-state index in [0.29, 0.717) is 6.42 Å². The Hall–Kier alpha value is -2.13. The number of aliphatic hydroxyl groups excluding tert-OH is 2. The molecule has 0 aromatic heterocycles. The van der Waals surface area contributed by atoms with Crippen LogP contribution in [-0.2, 0) is 4.79 Å². The van der Waals surface area contributed by atoms with Gasteiger partial charge in [-0.05, 0) is 32.1 Å². The molecule has 0 aliphatic rings. The van der Waals surface area contributed by atoms with Gasteiger partial charge in [0, 0.05) is 22.7 Å². The molecule has 0 aromatic rings. The van der Waals surface area contributed by atoms with Gasteiger partial charge in [0.05, 0.1) is 6.42 Å². The Morgan fingerprint density at radius 1 is 0.793 bits per heavy atom. The Bertz CT molecular complexity index is 537. The third kappa shape index (κ3) is 12.8. The van der Waals surface area contributed by atoms with Crippen LogP contribution in [0.15, 0.2) is 24.3 Å². The number of allylic oxidation sites excluding steroid dienone is 2. The van der Waals surface area contributed by atoms with Crippen molar-refractivity contribution in [3.63, 3.8) is 0 Å². The predicted molar refractivity (Wildman–Crippen MR) is 110 cm³/mol. The molecule has 0 bridgehead atoms. The van der Waals surface area contributed by atoms with Crippen molar-refractivity contribution >= 4 is 6.29 Å². The van der Waals surface area contributed by atoms with Crippen molar-refractivity contribution in [3.05, 3.63) is 44.5 Å². The van der Waals surface area contributed by atoms with Crippen LogP contribution in [0.2, 0.25) is 0 Å². The van der Waals surface area contributed by atoms with Crippen molar-refractivity contribution in [1.82, 2.24) is 0 Å². The maximum absolute atomic E-state index is 11.3. The van der Waals surface area contributed by atoms with Crippen molar-refractivity contribution in [1.29, 1.82) is 0 Å². The van der Waals surface area contributed by atoms with Crippen LogP contribution in [0.1, 0.15) is 71.1 Å². The highest BCUT2D eigenvalue weighted by atomic mass is 16.6. The van der Waals surface area contributed by atoms with Crippen LogP contribution in [0.25, 0.3) is 0 Å². The summed E-state index contributed by atoms with van der Waals surface area (Å²) in [6.45, 7) is 1.89. The summed E-state index contributed by atoms with van der Waals surface area (Å²) in [6, 6.07) is -2.83. The van der Waals surface area contributed by atoms with Gasteiger partial charge in [-0.3, -0.25) is 20.2 Å². The first-order valence-corrected chi connectivity index (χ1v) is 10.2. The highest BCUT2D eigenvalue weighted by Crippen LogP contribution is 2.17. The van der Waals surface area contributed by atoms with Gasteiger partial charge in [-0.25, -0.2) is 0 Å². The minimum atomic E-state index is -1.53. The van der Waals surface area contributed by atoms with Crippen molar-refractivity contribution in [2.45, 2.75) is 95.4 Å². The number of unbranched alkanes of at least 4 members (excludes halogenated alkanes) is 5. The Labute approximate surface area is 171 Å². The van der Waals surface area contributed by atoms with E-state index in [1.165, 1.54) is 0 Å². The second-order valence-electron chi connectivity index (χ2n) is 7.06. The number of hydrogen-bond donors (Lipinski definition) is 2. The quantitative estimate of drug-likeness (QED) is 0.115. The lowest BCUT2D eigenvalue weighted by Crippen LogP contribution is -2.42. The van der Waals surface area contributed by atoms with Crippen LogP contribution in [-0.4, -0.2) is 50.6 Å². The summed E-state index contributed by atoms with van der Waals surface area (Å²) in [6.07, 6.45) is 10.1. The number of aldehydes is 1. The molecule has 166 valence electrons. The molecule has 0 radical (unpaired) electrons. The van der Waals surface area contributed by atoms with E-state index in [1.807, 2.05) is 6.92 Å². The summed E-state index contributed by atoms with van der Waals surface area (Å²) in [5.41, 5.74) is 0. The minimum absolute atomic E-state index is 0.0322. The molecule has 9 nitrogen and oxygen atoms in total. The van der Waals surface area contributed by atoms with Gasteiger partial charge in [0.2, 0.25) is 12.1 Å². The molecule has 0 saturated carbocycles. The number of aliphatic hydroxyl groups is 2. The molecule has 0 fully saturated rings. The van der Waals surface area contributed by atoms with E-state index in [9.17, 15) is 35.2 Å². The third-order valence-electron chi connectivity index (χ3n) is 4.68. The lowest BCUT2D eigenvalue weighted by molar-refractivity contribution is -0.553. The lowest BCUT2D eigenvalue weighted by atomic mass is 9.96. The molecule has 4 atom stereocenters. The maximum Gasteiger partial charge on any atom is 0.242 e. The van der Waals surface area contributed by atoms with Gasteiger partial charge < -0.3 is 15.0 Å². The van der Waals surface area contributed by atoms with Crippen LogP contribution in [0.3, 0.4) is 0 Å². The Morgan fingerprint density at radius 2 is 1.38 bits per heavy atom. The minimum Gasteiger partial charge on any atom is -0.386 e. The normalized spacial score (nSPS) is 16.0. The zero-order chi connectivity index (χ0) is 22.1. The molecule has 0 aromatic carbocycles. The van der Waals surface area contributed by atoms with Gasteiger partial charge in [-0.2, -0.15) is 0 Å². The molecule has 0 heterocycles. The number of nitrogens with zero attached hydrogens (tertiary/aromatic N) is 2. The zero-order valence-corrected chi connectivity index (χ0v) is 17.1. The summed E-state index contributed by atoms with van der Waals surface area (Å²) >= 11 is 0. The largest absolute Gasteiger partial charge is 0.386 e. The highest BCUT2D eigenvalue weighted by molar-refractivity contribution is 5.48. The molecule has 29 heavy (non-hydrogen) atoms. The Balaban J connectivity index is 4.58. The van der Waals surface area contributed by atoms with Gasteiger partial charge in [0.25, 0.3) is 0 Å². The topological polar surface area (TPSA) is 144 Å². The van der Waals surface area contributed by atoms with Gasteiger partial charge in [0.1, 0.15) is 18.5 Å². The number of carbonyl (C=O) groups is 1.